The molecule has 0 amide bonds. The molecule has 3 unspecified atom stereocenters. The van der Waals surface area contributed by atoms with E-state index < -0.39 is 51.1 Å². The molecule has 11 nitrogen and oxygen atoms in total. The molecule has 3 atom stereocenters. The summed E-state index contributed by atoms with van der Waals surface area (Å²) in [5.74, 6) is -2.61. The van der Waals surface area contributed by atoms with Gasteiger partial charge in [-0.2, -0.15) is 0 Å². The highest BCUT2D eigenvalue weighted by atomic mass is 31.2. The van der Waals surface area contributed by atoms with Crippen LogP contribution in [0.3, 0.4) is 0 Å². The summed E-state index contributed by atoms with van der Waals surface area (Å²) in [4.78, 5) is 46.6. The summed E-state index contributed by atoms with van der Waals surface area (Å²) in [6, 6.07) is -1.41. The average Bonchev–Trinajstić information content (AvgIpc) is 2.79. The molecule has 0 aromatic rings. The summed E-state index contributed by atoms with van der Waals surface area (Å²) in [6.07, 6.45) is 8.62. The molecule has 12 heteroatoms. The van der Waals surface area contributed by atoms with Gasteiger partial charge in [0.25, 0.3) is 7.82 Å². The van der Waals surface area contributed by atoms with Crippen molar-refractivity contribution in [2.24, 2.45) is 0 Å². The first-order valence-electron chi connectivity index (χ1n) is 12.1. The SMILES string of the molecule is CCCCCCCC(=O)OCC(COP(=O)([O-])OCC([NH3+])C(=O)[O-])OC(=O)CCCCCCC. The molecule has 0 aromatic heterocycles. The zero-order chi connectivity index (χ0) is 25.8. The third-order valence-electron chi connectivity index (χ3n) is 4.88. The van der Waals surface area contributed by atoms with Crippen LogP contribution in [0.4, 0.5) is 0 Å². The minimum Gasteiger partial charge on any atom is -0.756 e. The summed E-state index contributed by atoms with van der Waals surface area (Å²) in [6.45, 7) is 2.40. The van der Waals surface area contributed by atoms with Crippen molar-refractivity contribution in [1.82, 2.24) is 0 Å². The molecule has 200 valence electrons. The molecule has 0 fully saturated rings. The number of esters is 2. The second kappa shape index (κ2) is 19.8. The lowest BCUT2D eigenvalue weighted by molar-refractivity contribution is -0.441. The number of unbranched alkanes of at least 4 members (excludes halogenated alkanes) is 8. The van der Waals surface area contributed by atoms with E-state index >= 15 is 0 Å². The molecule has 0 spiro atoms. The molecular formula is C22H41NO10P-. The molecule has 0 aliphatic heterocycles. The van der Waals surface area contributed by atoms with Crippen LogP contribution < -0.4 is 15.7 Å². The Morgan fingerprint density at radius 1 is 0.794 bits per heavy atom. The van der Waals surface area contributed by atoms with Crippen molar-refractivity contribution < 1.29 is 53.2 Å². The standard InChI is InChI=1S/C22H42NO10P/c1-3-5-7-9-11-13-20(24)30-15-18(33-21(25)14-12-10-8-6-4-2)16-31-34(28,29)32-17-19(23)22(26)27/h18-19H,3-17,23H2,1-2H3,(H,26,27)(H,28,29)/p-1. The number of carbonyl (C=O) groups excluding carboxylic acids is 3. The average molecular weight is 511 g/mol. The van der Waals surface area contributed by atoms with E-state index in [1.807, 2.05) is 0 Å². The van der Waals surface area contributed by atoms with Crippen LogP contribution >= 0.6 is 7.82 Å². The molecule has 0 radical (unpaired) electrons. The minimum absolute atomic E-state index is 0.145. The maximum atomic E-state index is 12.1. The predicted octanol–water partition coefficient (Wildman–Crippen LogP) is 1.02. The van der Waals surface area contributed by atoms with Gasteiger partial charge in [0.2, 0.25) is 0 Å². The number of rotatable bonds is 22. The molecule has 34 heavy (non-hydrogen) atoms. The number of quaternary nitrogens is 1. The molecular weight excluding hydrogens is 469 g/mol. The fraction of sp³-hybridized carbons (Fsp3) is 0.864. The predicted molar refractivity (Wildman–Crippen MR) is 119 cm³/mol. The number of phosphoric acid groups is 1. The van der Waals surface area contributed by atoms with Crippen molar-refractivity contribution in [3.8, 4) is 0 Å². The first-order valence-corrected chi connectivity index (χ1v) is 13.6. The zero-order valence-corrected chi connectivity index (χ0v) is 21.4. The summed E-state index contributed by atoms with van der Waals surface area (Å²) in [5, 5.41) is 10.6. The molecule has 0 saturated heterocycles. The number of carboxylic acids is 1. The maximum absolute atomic E-state index is 12.1. The van der Waals surface area contributed by atoms with Crippen LogP contribution in [0, 0.1) is 0 Å². The maximum Gasteiger partial charge on any atom is 0.306 e. The Labute approximate surface area is 202 Å². The van der Waals surface area contributed by atoms with E-state index in [9.17, 15) is 28.9 Å². The van der Waals surface area contributed by atoms with Crippen molar-refractivity contribution in [2.45, 2.75) is 103 Å². The lowest BCUT2D eigenvalue weighted by Crippen LogP contribution is -2.70. The van der Waals surface area contributed by atoms with Crippen molar-refractivity contribution in [3.63, 3.8) is 0 Å². The summed E-state index contributed by atoms with van der Waals surface area (Å²) in [5.41, 5.74) is 3.18. The summed E-state index contributed by atoms with van der Waals surface area (Å²) >= 11 is 0. The Hall–Kier alpha value is -1.52. The van der Waals surface area contributed by atoms with Crippen LogP contribution in [0.25, 0.3) is 0 Å². The fourth-order valence-corrected chi connectivity index (χ4v) is 3.61. The van der Waals surface area contributed by atoms with E-state index in [0.29, 0.717) is 12.8 Å². The van der Waals surface area contributed by atoms with Crippen LogP contribution in [-0.4, -0.2) is 49.9 Å². The summed E-state index contributed by atoms with van der Waals surface area (Å²) in [7, 11) is -4.91. The van der Waals surface area contributed by atoms with Gasteiger partial charge in [-0.25, -0.2) is 0 Å². The Bertz CT molecular complexity index is 631. The lowest BCUT2D eigenvalue weighted by atomic mass is 10.1. The van der Waals surface area contributed by atoms with Crippen LogP contribution in [-0.2, 0) is 37.5 Å². The minimum atomic E-state index is -4.91. The van der Waals surface area contributed by atoms with E-state index in [1.165, 1.54) is 0 Å². The number of carbonyl (C=O) groups is 3. The molecule has 0 aliphatic rings. The topological polar surface area (TPSA) is 179 Å². The Kier molecular flexibility index (Phi) is 18.9. The number of aliphatic carboxylic acids is 1. The van der Waals surface area contributed by atoms with Gasteiger partial charge in [-0.1, -0.05) is 65.2 Å². The van der Waals surface area contributed by atoms with Crippen molar-refractivity contribution >= 4 is 25.7 Å². The van der Waals surface area contributed by atoms with E-state index in [4.69, 9.17) is 14.0 Å². The van der Waals surface area contributed by atoms with Gasteiger partial charge in [-0.3, -0.25) is 14.2 Å². The van der Waals surface area contributed by atoms with Crippen molar-refractivity contribution in [3.05, 3.63) is 0 Å². The fourth-order valence-electron chi connectivity index (χ4n) is 2.83. The van der Waals surface area contributed by atoms with Gasteiger partial charge in [0.15, 0.2) is 6.10 Å². The van der Waals surface area contributed by atoms with Gasteiger partial charge in [0.1, 0.15) is 25.2 Å². The van der Waals surface area contributed by atoms with Crippen molar-refractivity contribution in [1.29, 1.82) is 0 Å². The third kappa shape index (κ3) is 18.9. The first-order chi connectivity index (χ1) is 16.1. The quantitative estimate of drug-likeness (QED) is 0.126. The van der Waals surface area contributed by atoms with Crippen LogP contribution in [0.1, 0.15) is 90.9 Å². The van der Waals surface area contributed by atoms with Crippen LogP contribution in [0.15, 0.2) is 0 Å². The first kappa shape index (κ1) is 32.5. The Morgan fingerprint density at radius 2 is 1.29 bits per heavy atom. The van der Waals surface area contributed by atoms with Crippen molar-refractivity contribution in [2.75, 3.05) is 19.8 Å². The van der Waals surface area contributed by atoms with Gasteiger partial charge in [-0.15, -0.1) is 0 Å². The largest absolute Gasteiger partial charge is 0.756 e. The summed E-state index contributed by atoms with van der Waals surface area (Å²) < 4.78 is 31.4. The van der Waals surface area contributed by atoms with Gasteiger partial charge < -0.3 is 39.0 Å². The number of hydrogen-bond donors (Lipinski definition) is 1. The number of carboxylic acid groups (broad SMARTS) is 1. The smallest absolute Gasteiger partial charge is 0.306 e. The van der Waals surface area contributed by atoms with Gasteiger partial charge in [-0.05, 0) is 12.8 Å². The highest BCUT2D eigenvalue weighted by Crippen LogP contribution is 2.38. The molecule has 3 N–H and O–H groups in total. The normalized spacial score (nSPS) is 14.7. The molecule has 0 aliphatic carbocycles. The highest BCUT2D eigenvalue weighted by molar-refractivity contribution is 7.45. The van der Waals surface area contributed by atoms with Crippen LogP contribution in [0.2, 0.25) is 0 Å². The Balaban J connectivity index is 4.67. The lowest BCUT2D eigenvalue weighted by Gasteiger charge is -2.26. The Morgan fingerprint density at radius 3 is 1.82 bits per heavy atom. The molecule has 0 saturated carbocycles. The van der Waals surface area contributed by atoms with E-state index in [1.54, 1.807) is 0 Å². The zero-order valence-electron chi connectivity index (χ0n) is 20.5. The molecule has 0 rings (SSSR count). The highest BCUT2D eigenvalue weighted by Gasteiger charge is 2.22. The number of ether oxygens (including phenoxy) is 2. The monoisotopic (exact) mass is 510 g/mol. The van der Waals surface area contributed by atoms with Crippen LogP contribution in [0.5, 0.6) is 0 Å². The molecule has 0 heterocycles. The van der Waals surface area contributed by atoms with E-state index in [2.05, 4.69) is 24.1 Å². The molecule has 0 bridgehead atoms. The third-order valence-corrected chi connectivity index (χ3v) is 5.81. The van der Waals surface area contributed by atoms with Gasteiger partial charge in [0.05, 0.1) is 6.61 Å². The second-order valence-corrected chi connectivity index (χ2v) is 9.59. The van der Waals surface area contributed by atoms with Gasteiger partial charge in [0, 0.05) is 12.8 Å². The van der Waals surface area contributed by atoms with E-state index in [0.717, 1.165) is 51.4 Å². The number of hydrogen-bond acceptors (Lipinski definition) is 10. The second-order valence-electron chi connectivity index (χ2n) is 8.18. The van der Waals surface area contributed by atoms with Gasteiger partial charge >= 0.3 is 11.9 Å². The number of phosphoric ester groups is 1. The molecule has 0 aromatic carbocycles. The van der Waals surface area contributed by atoms with E-state index in [-0.39, 0.29) is 19.4 Å².